The van der Waals surface area contributed by atoms with Crippen LogP contribution in [0.5, 0.6) is 0 Å². The van der Waals surface area contributed by atoms with E-state index in [-0.39, 0.29) is 0 Å². The Morgan fingerprint density at radius 3 is 1.77 bits per heavy atom. The van der Waals surface area contributed by atoms with E-state index in [1.54, 1.807) is 6.07 Å². The maximum absolute atomic E-state index is 13.7. The van der Waals surface area contributed by atoms with Gasteiger partial charge in [-0.1, -0.05) is 97.1 Å². The van der Waals surface area contributed by atoms with Crippen LogP contribution < -0.4 is 4.90 Å². The second-order valence-corrected chi connectivity index (χ2v) is 12.8. The van der Waals surface area contributed by atoms with Crippen LogP contribution in [0.1, 0.15) is 0 Å². The zero-order chi connectivity index (χ0) is 32.2. The lowest BCUT2D eigenvalue weighted by atomic mass is 10.1. The summed E-state index contributed by atoms with van der Waals surface area (Å²) >= 11 is 0. The number of benzene rings is 6. The van der Waals surface area contributed by atoms with Gasteiger partial charge in [-0.3, -0.25) is 4.57 Å². The molecule has 0 saturated heterocycles. The van der Waals surface area contributed by atoms with Gasteiger partial charge in [0.05, 0.1) is 55.3 Å². The Bertz CT molecular complexity index is 2520. The third kappa shape index (κ3) is 4.33. The minimum Gasteiger partial charge on any atom is -0.307 e. The average molecular weight is 637 g/mol. The van der Waals surface area contributed by atoms with Gasteiger partial charge in [0.15, 0.2) is 17.3 Å². The quantitative estimate of drug-likeness (QED) is 0.180. The van der Waals surface area contributed by atoms with E-state index in [1.165, 1.54) is 0 Å². The van der Waals surface area contributed by atoms with Gasteiger partial charge in [0.1, 0.15) is 0 Å². The van der Waals surface area contributed by atoms with Gasteiger partial charge in [-0.2, -0.15) is 9.97 Å². The van der Waals surface area contributed by atoms with Crippen LogP contribution in [0.25, 0.3) is 55.4 Å². The van der Waals surface area contributed by atoms with Crippen LogP contribution in [-0.2, 0) is 10.8 Å². The summed E-state index contributed by atoms with van der Waals surface area (Å²) in [5, 5.41) is 2.20. The van der Waals surface area contributed by atoms with Crippen molar-refractivity contribution >= 4 is 55.4 Å². The van der Waals surface area contributed by atoms with E-state index in [0.717, 1.165) is 44.4 Å². The number of para-hydroxylation sites is 4. The fourth-order valence-corrected chi connectivity index (χ4v) is 7.85. The van der Waals surface area contributed by atoms with Crippen LogP contribution >= 0.6 is 0 Å². The minimum absolute atomic E-state index is 0.419. The van der Waals surface area contributed by atoms with Crippen LogP contribution in [0.3, 0.4) is 0 Å². The molecular weight excluding hydrogens is 613 g/mol. The highest BCUT2D eigenvalue weighted by Crippen LogP contribution is 2.49. The molecule has 0 amide bonds. The van der Waals surface area contributed by atoms with Crippen LogP contribution in [-0.4, -0.2) is 23.7 Å². The molecule has 0 spiro atoms. The zero-order valence-electron chi connectivity index (χ0n) is 25.4. The molecule has 226 valence electrons. The first kappa shape index (κ1) is 27.8. The molecule has 0 aliphatic carbocycles. The van der Waals surface area contributed by atoms with Gasteiger partial charge in [0.2, 0.25) is 5.95 Å². The van der Waals surface area contributed by atoms with Crippen molar-refractivity contribution in [2.45, 2.75) is 9.79 Å². The monoisotopic (exact) mass is 636 g/mol. The lowest BCUT2D eigenvalue weighted by molar-refractivity contribution is 0.682. The molecule has 0 N–H and O–H groups in total. The van der Waals surface area contributed by atoms with E-state index < -0.39 is 10.8 Å². The molecule has 0 atom stereocenters. The highest BCUT2D eigenvalue weighted by atomic mass is 32.2. The van der Waals surface area contributed by atoms with Crippen molar-refractivity contribution in [3.05, 3.63) is 157 Å². The van der Waals surface area contributed by atoms with Crippen molar-refractivity contribution in [2.24, 2.45) is 0 Å². The van der Waals surface area contributed by atoms with Crippen LogP contribution in [0.15, 0.2) is 155 Å². The molecule has 0 bridgehead atoms. The predicted octanol–water partition coefficient (Wildman–Crippen LogP) is 9.80. The van der Waals surface area contributed by atoms with Gasteiger partial charge in [0.25, 0.3) is 0 Å². The molecule has 6 aromatic carbocycles. The molecule has 7 nitrogen and oxygen atoms in total. The normalized spacial score (nSPS) is 12.5. The molecule has 2 aromatic heterocycles. The van der Waals surface area contributed by atoms with Gasteiger partial charge in [0, 0.05) is 21.9 Å². The molecule has 48 heavy (non-hydrogen) atoms. The van der Waals surface area contributed by atoms with E-state index in [0.29, 0.717) is 38.6 Å². The van der Waals surface area contributed by atoms with Crippen molar-refractivity contribution in [3.8, 4) is 28.7 Å². The number of anilines is 3. The maximum Gasteiger partial charge on any atom is 0.238 e. The van der Waals surface area contributed by atoms with Gasteiger partial charge < -0.3 is 4.90 Å². The number of aromatic nitrogens is 4. The first-order valence-electron chi connectivity index (χ1n) is 15.4. The smallest absolute Gasteiger partial charge is 0.238 e. The molecule has 0 saturated carbocycles. The summed E-state index contributed by atoms with van der Waals surface area (Å²) in [7, 11) is -1.36. The lowest BCUT2D eigenvalue weighted by Crippen LogP contribution is -2.20. The van der Waals surface area contributed by atoms with Crippen LogP contribution in [0.4, 0.5) is 22.7 Å². The van der Waals surface area contributed by atoms with Crippen molar-refractivity contribution in [3.63, 3.8) is 0 Å². The van der Waals surface area contributed by atoms with Gasteiger partial charge in [-0.15, -0.1) is 0 Å². The molecule has 0 radical (unpaired) electrons. The highest BCUT2D eigenvalue weighted by Gasteiger charge is 2.31. The standard InChI is InChI=1S/C40H24N6OS/c1-41-27-23-24-33(45-34-19-9-11-21-36(34)48(47)37-22-12-10-20-35(37)45)30(25-27)39-42-38(26-13-3-2-4-14-26)43-40(44-39)46-31-17-7-5-15-28(31)29-16-6-8-18-32(29)46/h2-25H. The Balaban J connectivity index is 1.36. The SMILES string of the molecule is [C-]#[N+]c1ccc(N2c3ccccc3S(=O)c3ccccc32)c(-c2nc(-c3ccccc3)nc(-n3c4ccccc4c4ccccc43)n2)c1. The summed E-state index contributed by atoms with van der Waals surface area (Å²) in [6.45, 7) is 7.91. The summed E-state index contributed by atoms with van der Waals surface area (Å²) in [6.07, 6.45) is 0. The molecule has 8 heteroatoms. The fourth-order valence-electron chi connectivity index (χ4n) is 6.51. The molecule has 8 aromatic rings. The van der Waals surface area contributed by atoms with Crippen LogP contribution in [0, 0.1) is 6.57 Å². The van der Waals surface area contributed by atoms with Crippen molar-refractivity contribution < 1.29 is 4.21 Å². The molecule has 0 unspecified atom stereocenters. The second-order valence-electron chi connectivity index (χ2n) is 11.4. The second kappa shape index (κ2) is 11.1. The topological polar surface area (TPSA) is 68.3 Å². The van der Waals surface area contributed by atoms with E-state index >= 15 is 0 Å². The molecule has 9 rings (SSSR count). The Kier molecular flexibility index (Phi) is 6.45. The first-order chi connectivity index (χ1) is 23.7. The zero-order valence-corrected chi connectivity index (χ0v) is 26.2. The first-order valence-corrected chi connectivity index (χ1v) is 16.6. The van der Waals surface area contributed by atoms with Crippen molar-refractivity contribution in [1.29, 1.82) is 0 Å². The lowest BCUT2D eigenvalue weighted by Gasteiger charge is -2.33. The summed E-state index contributed by atoms with van der Waals surface area (Å²) in [5.41, 5.74) is 6.27. The maximum atomic E-state index is 13.7. The average Bonchev–Trinajstić information content (AvgIpc) is 3.50. The summed E-state index contributed by atoms with van der Waals surface area (Å²) < 4.78 is 15.8. The molecule has 0 fully saturated rings. The fraction of sp³-hybridized carbons (Fsp3) is 0. The predicted molar refractivity (Wildman–Crippen MR) is 191 cm³/mol. The molecule has 3 heterocycles. The number of nitrogens with zero attached hydrogens (tertiary/aromatic N) is 6. The van der Waals surface area contributed by atoms with Crippen molar-refractivity contribution in [2.75, 3.05) is 4.90 Å². The van der Waals surface area contributed by atoms with E-state index in [2.05, 4.69) is 38.6 Å². The molecule has 1 aliphatic rings. The minimum atomic E-state index is -1.36. The van der Waals surface area contributed by atoms with E-state index in [1.807, 2.05) is 115 Å². The number of rotatable bonds is 4. The number of fused-ring (bicyclic) bond motifs is 5. The third-order valence-electron chi connectivity index (χ3n) is 8.64. The summed E-state index contributed by atoms with van der Waals surface area (Å²) in [6, 6.07) is 47.4. The Morgan fingerprint density at radius 1 is 0.562 bits per heavy atom. The number of hydrogen-bond acceptors (Lipinski definition) is 5. The Morgan fingerprint density at radius 2 is 1.12 bits per heavy atom. The summed E-state index contributed by atoms with van der Waals surface area (Å²) in [4.78, 5) is 22.6. The Hall–Kier alpha value is -6.43. The third-order valence-corrected chi connectivity index (χ3v) is 10.1. The Labute approximate surface area is 278 Å². The van der Waals surface area contributed by atoms with Crippen molar-refractivity contribution in [1.82, 2.24) is 19.5 Å². The molecule has 1 aliphatic heterocycles. The number of hydrogen-bond donors (Lipinski definition) is 0. The molecular formula is C40H24N6OS. The van der Waals surface area contributed by atoms with Gasteiger partial charge >= 0.3 is 0 Å². The van der Waals surface area contributed by atoms with E-state index in [4.69, 9.17) is 21.5 Å². The highest BCUT2D eigenvalue weighted by molar-refractivity contribution is 7.85. The van der Waals surface area contributed by atoms with Gasteiger partial charge in [-0.05, 0) is 48.5 Å². The summed E-state index contributed by atoms with van der Waals surface area (Å²) in [5.74, 6) is 1.40. The van der Waals surface area contributed by atoms with E-state index in [9.17, 15) is 4.21 Å². The van der Waals surface area contributed by atoms with Crippen LogP contribution in [0.2, 0.25) is 0 Å². The van der Waals surface area contributed by atoms with Gasteiger partial charge in [-0.25, -0.2) is 14.0 Å². The largest absolute Gasteiger partial charge is 0.307 e.